The molecule has 1 atom stereocenters. The van der Waals surface area contributed by atoms with Crippen molar-refractivity contribution in [2.24, 2.45) is 0 Å². The average molecular weight is 352 g/mol. The summed E-state index contributed by atoms with van der Waals surface area (Å²) in [6.45, 7) is 4.46. The Morgan fingerprint density at radius 3 is 2.62 bits per heavy atom. The van der Waals surface area contributed by atoms with Gasteiger partial charge >= 0.3 is 0 Å². The van der Waals surface area contributed by atoms with Crippen molar-refractivity contribution in [1.29, 1.82) is 0 Å². The smallest absolute Gasteiger partial charge is 0.0737 e. The Labute approximate surface area is 148 Å². The molecule has 0 saturated heterocycles. The molecule has 1 aromatic carbocycles. The highest BCUT2D eigenvalue weighted by Crippen LogP contribution is 2.29. The minimum absolute atomic E-state index is 0.120. The second-order valence-electron chi connectivity index (χ2n) is 5.97. The maximum Gasteiger partial charge on any atom is 0.0737 e. The van der Waals surface area contributed by atoms with Crippen molar-refractivity contribution in [2.75, 3.05) is 38.2 Å². The maximum atomic E-state index is 9.04. The average Bonchev–Trinajstić information content (AvgIpc) is 2.55. The van der Waals surface area contributed by atoms with Gasteiger partial charge in [0.15, 0.2) is 0 Å². The number of hydrogen-bond acceptors (Lipinski definition) is 5. The number of aromatic nitrogens is 1. The summed E-state index contributed by atoms with van der Waals surface area (Å²) in [5, 5.41) is 23.3. The van der Waals surface area contributed by atoms with Gasteiger partial charge in [0.25, 0.3) is 0 Å². The van der Waals surface area contributed by atoms with Crippen molar-refractivity contribution in [3.05, 3.63) is 35.5 Å². The van der Waals surface area contributed by atoms with Crippen LogP contribution >= 0.6 is 11.6 Å². The first-order valence-corrected chi connectivity index (χ1v) is 8.77. The molecule has 0 fully saturated rings. The van der Waals surface area contributed by atoms with Crippen LogP contribution in [0, 0.1) is 0 Å². The third kappa shape index (κ3) is 5.31. The third-order valence-electron chi connectivity index (χ3n) is 4.06. The first-order chi connectivity index (χ1) is 11.7. The molecule has 0 saturated carbocycles. The van der Waals surface area contributed by atoms with Crippen molar-refractivity contribution >= 4 is 28.2 Å². The lowest BCUT2D eigenvalue weighted by molar-refractivity contribution is 0.159. The molecular formula is C18H26ClN3O2. The quantitative estimate of drug-likeness (QED) is 0.614. The topological polar surface area (TPSA) is 68.6 Å². The van der Waals surface area contributed by atoms with Crippen LogP contribution < -0.4 is 5.32 Å². The van der Waals surface area contributed by atoms with Crippen LogP contribution in [0.3, 0.4) is 0 Å². The summed E-state index contributed by atoms with van der Waals surface area (Å²) < 4.78 is 0. The molecule has 0 bridgehead atoms. The molecule has 1 unspecified atom stereocenters. The number of nitrogens with zero attached hydrogens (tertiary/aromatic N) is 2. The summed E-state index contributed by atoms with van der Waals surface area (Å²) in [7, 11) is 0. The van der Waals surface area contributed by atoms with Crippen molar-refractivity contribution in [1.82, 2.24) is 9.88 Å². The fourth-order valence-electron chi connectivity index (χ4n) is 2.86. The summed E-state index contributed by atoms with van der Waals surface area (Å²) in [5.41, 5.74) is 1.89. The Morgan fingerprint density at radius 2 is 1.92 bits per heavy atom. The SMILES string of the molecule is CC(CCCN(CCO)CCO)Nc1ccnc2cccc(Cl)c12. The van der Waals surface area contributed by atoms with Gasteiger partial charge in [-0.25, -0.2) is 0 Å². The minimum Gasteiger partial charge on any atom is -0.395 e. The van der Waals surface area contributed by atoms with Crippen LogP contribution in [-0.4, -0.2) is 59.0 Å². The number of hydrogen-bond donors (Lipinski definition) is 3. The summed E-state index contributed by atoms with van der Waals surface area (Å²) in [4.78, 5) is 6.43. The highest BCUT2D eigenvalue weighted by Gasteiger charge is 2.10. The molecule has 2 aromatic rings. The van der Waals surface area contributed by atoms with Crippen LogP contribution in [0.5, 0.6) is 0 Å². The monoisotopic (exact) mass is 351 g/mol. The molecule has 5 nitrogen and oxygen atoms in total. The predicted molar refractivity (Wildman–Crippen MR) is 99.7 cm³/mol. The number of pyridine rings is 1. The van der Waals surface area contributed by atoms with E-state index in [1.807, 2.05) is 24.3 Å². The first-order valence-electron chi connectivity index (χ1n) is 8.39. The zero-order valence-electron chi connectivity index (χ0n) is 14.1. The standard InChI is InChI=1S/C18H26ClN3O2/c1-14(4-3-9-22(10-12-23)11-13-24)21-17-7-8-20-16-6-2-5-15(19)18(16)17/h2,5-8,14,23-24H,3-4,9-13H2,1H3,(H,20,21). The summed E-state index contributed by atoms with van der Waals surface area (Å²) in [5.74, 6) is 0. The van der Waals surface area contributed by atoms with Crippen molar-refractivity contribution in [2.45, 2.75) is 25.8 Å². The van der Waals surface area contributed by atoms with Gasteiger partial charge in [0.2, 0.25) is 0 Å². The molecule has 132 valence electrons. The molecular weight excluding hydrogens is 326 g/mol. The van der Waals surface area contributed by atoms with Crippen molar-refractivity contribution in [3.63, 3.8) is 0 Å². The van der Waals surface area contributed by atoms with E-state index in [9.17, 15) is 0 Å². The summed E-state index contributed by atoms with van der Waals surface area (Å²) >= 11 is 6.33. The molecule has 1 heterocycles. The van der Waals surface area contributed by atoms with Crippen molar-refractivity contribution in [3.8, 4) is 0 Å². The van der Waals surface area contributed by atoms with E-state index in [4.69, 9.17) is 21.8 Å². The van der Waals surface area contributed by atoms with Crippen LogP contribution in [0.2, 0.25) is 5.02 Å². The molecule has 3 N–H and O–H groups in total. The van der Waals surface area contributed by atoms with E-state index in [2.05, 4.69) is 22.1 Å². The Bertz CT molecular complexity index is 627. The van der Waals surface area contributed by atoms with E-state index in [1.54, 1.807) is 6.20 Å². The van der Waals surface area contributed by atoms with E-state index < -0.39 is 0 Å². The molecule has 0 aliphatic heterocycles. The van der Waals surface area contributed by atoms with Crippen LogP contribution in [0.4, 0.5) is 5.69 Å². The molecule has 2 rings (SSSR count). The molecule has 0 radical (unpaired) electrons. The zero-order valence-corrected chi connectivity index (χ0v) is 14.8. The number of fused-ring (bicyclic) bond motifs is 1. The van der Waals surface area contributed by atoms with Crippen LogP contribution in [-0.2, 0) is 0 Å². The molecule has 6 heteroatoms. The molecule has 24 heavy (non-hydrogen) atoms. The maximum absolute atomic E-state index is 9.04. The molecule has 0 aliphatic rings. The Morgan fingerprint density at radius 1 is 1.17 bits per heavy atom. The normalized spacial score (nSPS) is 12.7. The van der Waals surface area contributed by atoms with E-state index in [0.717, 1.165) is 36.0 Å². The molecule has 0 amide bonds. The minimum atomic E-state index is 0.120. The van der Waals surface area contributed by atoms with E-state index in [-0.39, 0.29) is 19.3 Å². The van der Waals surface area contributed by atoms with Gasteiger partial charge in [0.1, 0.15) is 0 Å². The van der Waals surface area contributed by atoms with Crippen LogP contribution in [0.1, 0.15) is 19.8 Å². The lowest BCUT2D eigenvalue weighted by atomic mass is 10.1. The molecule has 1 aromatic heterocycles. The molecule has 0 aliphatic carbocycles. The lowest BCUT2D eigenvalue weighted by Crippen LogP contribution is -2.31. The van der Waals surface area contributed by atoms with Gasteiger partial charge in [-0.1, -0.05) is 17.7 Å². The number of aliphatic hydroxyl groups excluding tert-OH is 2. The highest BCUT2D eigenvalue weighted by atomic mass is 35.5. The van der Waals surface area contributed by atoms with Gasteiger partial charge in [-0.3, -0.25) is 9.88 Å². The Hall–Kier alpha value is -1.40. The number of benzene rings is 1. The number of anilines is 1. The summed E-state index contributed by atoms with van der Waals surface area (Å²) in [6, 6.07) is 7.98. The number of rotatable bonds is 10. The van der Waals surface area contributed by atoms with E-state index in [0.29, 0.717) is 18.1 Å². The number of aliphatic hydroxyl groups is 2. The highest BCUT2D eigenvalue weighted by molar-refractivity contribution is 6.36. The fraction of sp³-hybridized carbons (Fsp3) is 0.500. The van der Waals surface area contributed by atoms with Crippen molar-refractivity contribution < 1.29 is 10.2 Å². The molecule has 0 spiro atoms. The van der Waals surface area contributed by atoms with Gasteiger partial charge in [-0.2, -0.15) is 0 Å². The van der Waals surface area contributed by atoms with Gasteiger partial charge < -0.3 is 15.5 Å². The van der Waals surface area contributed by atoms with Gasteiger partial charge in [0.05, 0.1) is 23.8 Å². The summed E-state index contributed by atoms with van der Waals surface area (Å²) in [6.07, 6.45) is 3.77. The largest absolute Gasteiger partial charge is 0.395 e. The van der Waals surface area contributed by atoms with Gasteiger partial charge in [-0.15, -0.1) is 0 Å². The van der Waals surface area contributed by atoms with Crippen LogP contribution in [0.25, 0.3) is 10.9 Å². The lowest BCUT2D eigenvalue weighted by Gasteiger charge is -2.22. The Kier molecular flexibility index (Phi) is 7.72. The predicted octanol–water partition coefficient (Wildman–Crippen LogP) is 2.76. The Balaban J connectivity index is 1.92. The zero-order chi connectivity index (χ0) is 17.4. The van der Waals surface area contributed by atoms with Gasteiger partial charge in [0, 0.05) is 36.4 Å². The fourth-order valence-corrected chi connectivity index (χ4v) is 3.13. The first kappa shape index (κ1) is 18.9. The second kappa shape index (κ2) is 9.79. The van der Waals surface area contributed by atoms with E-state index >= 15 is 0 Å². The van der Waals surface area contributed by atoms with Gasteiger partial charge in [-0.05, 0) is 44.5 Å². The second-order valence-corrected chi connectivity index (χ2v) is 6.38. The number of nitrogens with one attached hydrogen (secondary N) is 1. The third-order valence-corrected chi connectivity index (χ3v) is 4.38. The van der Waals surface area contributed by atoms with E-state index in [1.165, 1.54) is 0 Å². The number of halogens is 1. The van der Waals surface area contributed by atoms with Crippen LogP contribution in [0.15, 0.2) is 30.5 Å².